The standard InChI is InChI=1S/C14H7NO4/c15-6-2-1-3-9-4-5-12-10(7-9)8-11(13(16)17)14(18)19-12/h4-5,7-8H,2H2,(H,16,17). The molecule has 0 atom stereocenters. The number of carboxylic acids is 1. The van der Waals surface area contributed by atoms with Gasteiger partial charge in [-0.1, -0.05) is 11.8 Å². The average molecular weight is 253 g/mol. The Morgan fingerprint density at radius 3 is 2.84 bits per heavy atom. The summed E-state index contributed by atoms with van der Waals surface area (Å²) in [4.78, 5) is 22.2. The first-order chi connectivity index (χ1) is 9.11. The molecule has 0 bridgehead atoms. The molecule has 1 heterocycles. The smallest absolute Gasteiger partial charge is 0.351 e. The number of carbonyl (C=O) groups is 1. The zero-order valence-electron chi connectivity index (χ0n) is 9.64. The molecular weight excluding hydrogens is 246 g/mol. The molecule has 5 nitrogen and oxygen atoms in total. The topological polar surface area (TPSA) is 91.3 Å². The van der Waals surface area contributed by atoms with Crippen molar-refractivity contribution in [2.75, 3.05) is 0 Å². The van der Waals surface area contributed by atoms with Gasteiger partial charge in [-0.2, -0.15) is 5.26 Å². The lowest BCUT2D eigenvalue weighted by Crippen LogP contribution is -2.12. The Kier molecular flexibility index (Phi) is 3.31. The number of fused-ring (bicyclic) bond motifs is 1. The summed E-state index contributed by atoms with van der Waals surface area (Å²) in [6, 6.07) is 7.93. The Morgan fingerprint density at radius 1 is 1.37 bits per heavy atom. The fourth-order valence-electron chi connectivity index (χ4n) is 1.54. The van der Waals surface area contributed by atoms with E-state index in [4.69, 9.17) is 14.8 Å². The van der Waals surface area contributed by atoms with E-state index >= 15 is 0 Å². The van der Waals surface area contributed by atoms with Crippen LogP contribution in [0.15, 0.2) is 33.5 Å². The van der Waals surface area contributed by atoms with Crippen LogP contribution < -0.4 is 5.63 Å². The van der Waals surface area contributed by atoms with E-state index in [0.29, 0.717) is 16.5 Å². The van der Waals surface area contributed by atoms with Crippen LogP contribution in [0.3, 0.4) is 0 Å². The molecule has 0 amide bonds. The van der Waals surface area contributed by atoms with Gasteiger partial charge in [-0.25, -0.2) is 9.59 Å². The molecule has 2 rings (SSSR count). The number of hydrogen-bond donors (Lipinski definition) is 1. The van der Waals surface area contributed by atoms with Crippen molar-refractivity contribution < 1.29 is 14.3 Å². The highest BCUT2D eigenvalue weighted by Crippen LogP contribution is 2.15. The lowest BCUT2D eigenvalue weighted by molar-refractivity contribution is 0.0692. The van der Waals surface area contributed by atoms with Gasteiger partial charge in [0.1, 0.15) is 11.1 Å². The number of rotatable bonds is 1. The van der Waals surface area contributed by atoms with Gasteiger partial charge in [0.25, 0.3) is 0 Å². The van der Waals surface area contributed by atoms with Crippen molar-refractivity contribution in [2.24, 2.45) is 0 Å². The van der Waals surface area contributed by atoms with E-state index < -0.39 is 17.2 Å². The summed E-state index contributed by atoms with van der Waals surface area (Å²) in [6.45, 7) is 0. The van der Waals surface area contributed by atoms with Crippen LogP contribution in [0, 0.1) is 23.2 Å². The number of aromatic carboxylic acids is 1. The number of nitriles is 1. The molecule has 0 spiro atoms. The molecule has 0 aliphatic heterocycles. The molecule has 0 unspecified atom stereocenters. The van der Waals surface area contributed by atoms with E-state index in [2.05, 4.69) is 11.8 Å². The Labute approximate surface area is 107 Å². The van der Waals surface area contributed by atoms with Crippen LogP contribution in [0.25, 0.3) is 11.0 Å². The van der Waals surface area contributed by atoms with Gasteiger partial charge in [0.15, 0.2) is 0 Å². The predicted octanol–water partition coefficient (Wildman–Crippen LogP) is 1.76. The molecule has 1 aromatic carbocycles. The number of nitrogens with zero attached hydrogens (tertiary/aromatic N) is 1. The number of hydrogen-bond acceptors (Lipinski definition) is 4. The van der Waals surface area contributed by atoms with Crippen LogP contribution in [0.1, 0.15) is 22.3 Å². The van der Waals surface area contributed by atoms with E-state index in [9.17, 15) is 9.59 Å². The van der Waals surface area contributed by atoms with Crippen molar-refractivity contribution in [1.29, 1.82) is 5.26 Å². The zero-order chi connectivity index (χ0) is 13.8. The van der Waals surface area contributed by atoms with Gasteiger partial charge < -0.3 is 9.52 Å². The molecule has 0 radical (unpaired) electrons. The van der Waals surface area contributed by atoms with Crippen LogP contribution in [-0.4, -0.2) is 11.1 Å². The van der Waals surface area contributed by atoms with Crippen molar-refractivity contribution in [3.63, 3.8) is 0 Å². The fraction of sp³-hybridized carbons (Fsp3) is 0.0714. The highest BCUT2D eigenvalue weighted by Gasteiger charge is 2.11. The quantitative estimate of drug-likeness (QED) is 0.617. The normalized spacial score (nSPS) is 9.42. The number of carboxylic acid groups (broad SMARTS) is 1. The van der Waals surface area contributed by atoms with Gasteiger partial charge in [0.05, 0.1) is 12.5 Å². The Morgan fingerprint density at radius 2 is 2.16 bits per heavy atom. The van der Waals surface area contributed by atoms with Crippen LogP contribution >= 0.6 is 0 Å². The van der Waals surface area contributed by atoms with Crippen LogP contribution in [0.5, 0.6) is 0 Å². The molecule has 0 aliphatic carbocycles. The van der Waals surface area contributed by atoms with Crippen LogP contribution in [0.4, 0.5) is 0 Å². The lowest BCUT2D eigenvalue weighted by Gasteiger charge is -1.99. The first kappa shape index (κ1) is 12.4. The van der Waals surface area contributed by atoms with Crippen molar-refractivity contribution in [3.8, 4) is 17.9 Å². The van der Waals surface area contributed by atoms with Crippen molar-refractivity contribution in [2.45, 2.75) is 6.42 Å². The van der Waals surface area contributed by atoms with Gasteiger partial charge in [0, 0.05) is 10.9 Å². The summed E-state index contributed by atoms with van der Waals surface area (Å²) in [6.07, 6.45) is 0.113. The minimum absolute atomic E-state index is 0.113. The Bertz CT molecular complexity index is 815. The molecule has 0 saturated heterocycles. The molecule has 1 aromatic heterocycles. The first-order valence-corrected chi connectivity index (χ1v) is 5.29. The molecular formula is C14H7NO4. The summed E-state index contributed by atoms with van der Waals surface area (Å²) in [5.41, 5.74) is -0.397. The Hall–Kier alpha value is -3.05. The van der Waals surface area contributed by atoms with Crippen LogP contribution in [0.2, 0.25) is 0 Å². The maximum atomic E-state index is 11.4. The second-order valence-electron chi connectivity index (χ2n) is 3.64. The van der Waals surface area contributed by atoms with Gasteiger partial charge in [-0.15, -0.1) is 0 Å². The highest BCUT2D eigenvalue weighted by molar-refractivity contribution is 5.91. The summed E-state index contributed by atoms with van der Waals surface area (Å²) in [7, 11) is 0. The van der Waals surface area contributed by atoms with E-state index in [1.807, 2.05) is 6.07 Å². The second kappa shape index (κ2) is 5.07. The SMILES string of the molecule is N#CCC#Cc1ccc2oc(=O)c(C(=O)O)cc2c1. The summed E-state index contributed by atoms with van der Waals surface area (Å²) < 4.78 is 4.90. The van der Waals surface area contributed by atoms with Gasteiger partial charge in [-0.3, -0.25) is 0 Å². The first-order valence-electron chi connectivity index (χ1n) is 5.29. The summed E-state index contributed by atoms with van der Waals surface area (Å²) in [5.74, 6) is 4.07. The second-order valence-corrected chi connectivity index (χ2v) is 3.64. The third-order valence-corrected chi connectivity index (χ3v) is 2.36. The molecule has 0 fully saturated rings. The molecule has 92 valence electrons. The number of benzene rings is 1. The van der Waals surface area contributed by atoms with E-state index in [1.165, 1.54) is 6.07 Å². The zero-order valence-corrected chi connectivity index (χ0v) is 9.64. The monoisotopic (exact) mass is 253 g/mol. The summed E-state index contributed by atoms with van der Waals surface area (Å²) >= 11 is 0. The molecule has 2 aromatic rings. The van der Waals surface area contributed by atoms with E-state index in [-0.39, 0.29) is 6.42 Å². The predicted molar refractivity (Wildman–Crippen MR) is 66.6 cm³/mol. The maximum absolute atomic E-state index is 11.4. The van der Waals surface area contributed by atoms with Gasteiger partial charge in [-0.05, 0) is 24.3 Å². The molecule has 0 aliphatic rings. The maximum Gasteiger partial charge on any atom is 0.351 e. The molecule has 0 saturated carbocycles. The summed E-state index contributed by atoms with van der Waals surface area (Å²) in [5, 5.41) is 17.7. The van der Waals surface area contributed by atoms with E-state index in [0.717, 1.165) is 0 Å². The van der Waals surface area contributed by atoms with Crippen molar-refractivity contribution >= 4 is 16.9 Å². The van der Waals surface area contributed by atoms with Gasteiger partial charge >= 0.3 is 11.6 Å². The molecule has 5 heteroatoms. The van der Waals surface area contributed by atoms with E-state index in [1.54, 1.807) is 18.2 Å². The third kappa shape index (κ3) is 2.62. The minimum Gasteiger partial charge on any atom is -0.477 e. The largest absolute Gasteiger partial charge is 0.477 e. The molecule has 1 N–H and O–H groups in total. The van der Waals surface area contributed by atoms with Gasteiger partial charge in [0.2, 0.25) is 0 Å². The van der Waals surface area contributed by atoms with Crippen molar-refractivity contribution in [3.05, 3.63) is 45.8 Å². The lowest BCUT2D eigenvalue weighted by atomic mass is 10.1. The van der Waals surface area contributed by atoms with Crippen molar-refractivity contribution in [1.82, 2.24) is 0 Å². The fourth-order valence-corrected chi connectivity index (χ4v) is 1.54. The Balaban J connectivity index is 2.57. The minimum atomic E-state index is -1.34. The third-order valence-electron chi connectivity index (χ3n) is 2.36. The highest BCUT2D eigenvalue weighted by atomic mass is 16.4. The molecule has 19 heavy (non-hydrogen) atoms. The average Bonchev–Trinajstić information content (AvgIpc) is 2.38. The van der Waals surface area contributed by atoms with Crippen LogP contribution in [-0.2, 0) is 0 Å².